The normalized spacial score (nSPS) is 9.20. The van der Waals surface area contributed by atoms with Gasteiger partial charge in [-0.25, -0.2) is 0 Å². The Bertz CT molecular complexity index is 242. The molecule has 0 amide bonds. The maximum absolute atomic E-state index is 10.1. The molecule has 0 aromatic heterocycles. The van der Waals surface area contributed by atoms with Crippen LogP contribution in [0.15, 0.2) is 24.3 Å². The summed E-state index contributed by atoms with van der Waals surface area (Å²) in [5, 5.41) is 17.1. The van der Waals surface area contributed by atoms with E-state index in [4.69, 9.17) is 5.11 Å². The van der Waals surface area contributed by atoms with Crippen LogP contribution in [0.4, 0.5) is 5.69 Å². The summed E-state index contributed by atoms with van der Waals surface area (Å²) in [6, 6.07) is 5.39. The number of non-ortho nitro benzene ring substituents is 1. The average Bonchev–Trinajstić information content (AvgIpc) is 1.88. The highest BCUT2D eigenvalue weighted by molar-refractivity contribution is 5.34. The van der Waals surface area contributed by atoms with Gasteiger partial charge in [-0.2, -0.15) is 0 Å². The van der Waals surface area contributed by atoms with Crippen LogP contribution in [0.2, 0.25) is 0 Å². The van der Waals surface area contributed by atoms with E-state index in [0.29, 0.717) is 0 Å². The molecule has 0 radical (unpaired) electrons. The van der Waals surface area contributed by atoms with Crippen LogP contribution in [0.1, 0.15) is 0 Å². The number of hydrogen-bond acceptors (Lipinski definition) is 2. The average molecular weight is 140 g/mol. The molecular weight excluding hydrogens is 134 g/mol. The van der Waals surface area contributed by atoms with Gasteiger partial charge < -0.3 is 5.11 Å². The Morgan fingerprint density at radius 2 is 1.80 bits per heavy atom. The van der Waals surface area contributed by atoms with Crippen molar-refractivity contribution in [3.05, 3.63) is 34.4 Å². The summed E-state index contributed by atoms with van der Waals surface area (Å²) in [7, 11) is 0. The van der Waals surface area contributed by atoms with Gasteiger partial charge >= 0.3 is 0 Å². The lowest BCUT2D eigenvalue weighted by Crippen LogP contribution is -1.85. The van der Waals surface area contributed by atoms with Crippen LogP contribution >= 0.6 is 0 Å². The van der Waals surface area contributed by atoms with E-state index in [2.05, 4.69) is 0 Å². The third-order valence-electron chi connectivity index (χ3n) is 1.08. The number of nitrogens with zero attached hydrogens (tertiary/aromatic N) is 1. The van der Waals surface area contributed by atoms with Crippen molar-refractivity contribution in [1.29, 1.82) is 0 Å². The Kier molecular flexibility index (Phi) is 1.53. The summed E-state index contributed by atoms with van der Waals surface area (Å²) < 4.78 is 0. The molecule has 0 saturated carbocycles. The molecule has 0 fully saturated rings. The number of benzene rings is 1. The maximum atomic E-state index is 10.1. The van der Waals surface area contributed by atoms with Crippen molar-refractivity contribution in [1.82, 2.24) is 0 Å². The van der Waals surface area contributed by atoms with Crippen LogP contribution in [0.3, 0.4) is 0 Å². The van der Waals surface area contributed by atoms with Gasteiger partial charge in [0.15, 0.2) is 0 Å². The molecule has 0 unspecified atom stereocenters. The summed E-state index contributed by atoms with van der Waals surface area (Å²) in [6.07, 6.45) is 0. The van der Waals surface area contributed by atoms with E-state index in [0.717, 1.165) is 0 Å². The number of nitro benzene ring substituents is 1. The monoisotopic (exact) mass is 140 g/mol. The quantitative estimate of drug-likeness (QED) is 0.332. The van der Waals surface area contributed by atoms with Gasteiger partial charge in [0.25, 0.3) is 11.4 Å². The fourth-order valence-electron chi connectivity index (χ4n) is 0.583. The Labute approximate surface area is 56.9 Å². The minimum absolute atomic E-state index is 0.0241. The van der Waals surface area contributed by atoms with Crippen LogP contribution in [-0.2, 0) is 0 Å². The second-order valence-electron chi connectivity index (χ2n) is 1.80. The third-order valence-corrected chi connectivity index (χ3v) is 1.08. The van der Waals surface area contributed by atoms with Crippen molar-refractivity contribution >= 4 is 5.69 Å². The molecule has 0 aliphatic heterocycles. The third kappa shape index (κ3) is 1.22. The Morgan fingerprint density at radius 3 is 2.20 bits per heavy atom. The van der Waals surface area contributed by atoms with E-state index in [1.165, 1.54) is 24.3 Å². The first-order valence-corrected chi connectivity index (χ1v) is 2.66. The van der Waals surface area contributed by atoms with Gasteiger partial charge in [0.2, 0.25) is 0 Å². The lowest BCUT2D eigenvalue weighted by Gasteiger charge is -1.87. The van der Waals surface area contributed by atoms with Crippen LogP contribution in [0.25, 0.3) is 0 Å². The summed E-state index contributed by atoms with van der Waals surface area (Å²) in [4.78, 5) is 9.57. The molecular formula is C6H6NO3+. The van der Waals surface area contributed by atoms with Gasteiger partial charge in [-0.15, -0.1) is 0 Å². The van der Waals surface area contributed by atoms with Crippen molar-refractivity contribution in [2.75, 3.05) is 0 Å². The second-order valence-corrected chi connectivity index (χ2v) is 1.80. The zero-order chi connectivity index (χ0) is 7.56. The summed E-state index contributed by atoms with van der Waals surface area (Å²) in [5.74, 6) is 0.283. The SMILES string of the molecule is O=[N+]([O-])c1ccc([OH2+])cc1. The van der Waals surface area contributed by atoms with E-state index in [1.54, 1.807) is 0 Å². The molecule has 1 aromatic carbocycles. The van der Waals surface area contributed by atoms with E-state index in [-0.39, 0.29) is 11.4 Å². The van der Waals surface area contributed by atoms with Crippen LogP contribution in [-0.4, -0.2) is 10.0 Å². The fraction of sp³-hybridized carbons (Fsp3) is 0. The molecule has 0 atom stereocenters. The van der Waals surface area contributed by atoms with E-state index >= 15 is 0 Å². The molecule has 10 heavy (non-hydrogen) atoms. The summed E-state index contributed by atoms with van der Waals surface area (Å²) in [6.45, 7) is 0. The minimum atomic E-state index is -0.487. The van der Waals surface area contributed by atoms with Crippen molar-refractivity contribution in [3.8, 4) is 5.75 Å². The number of hydrogen-bond donors (Lipinski definition) is 0. The second kappa shape index (κ2) is 2.34. The van der Waals surface area contributed by atoms with Crippen LogP contribution < -0.4 is 0 Å². The van der Waals surface area contributed by atoms with E-state index in [9.17, 15) is 10.1 Å². The van der Waals surface area contributed by atoms with Gasteiger partial charge in [-0.1, -0.05) is 0 Å². The molecule has 4 heteroatoms. The lowest BCUT2D eigenvalue weighted by molar-refractivity contribution is -0.384. The highest BCUT2D eigenvalue weighted by Gasteiger charge is 2.03. The summed E-state index contributed by atoms with van der Waals surface area (Å²) >= 11 is 0. The van der Waals surface area contributed by atoms with Crippen molar-refractivity contribution in [3.63, 3.8) is 0 Å². The first kappa shape index (κ1) is 6.54. The Hall–Kier alpha value is -1.58. The van der Waals surface area contributed by atoms with E-state index in [1.807, 2.05) is 0 Å². The Balaban J connectivity index is 3.00. The molecule has 0 aliphatic rings. The first-order chi connectivity index (χ1) is 4.70. The fourth-order valence-corrected chi connectivity index (χ4v) is 0.583. The Morgan fingerprint density at radius 1 is 1.30 bits per heavy atom. The zero-order valence-electron chi connectivity index (χ0n) is 5.07. The highest BCUT2D eigenvalue weighted by Crippen LogP contribution is 2.14. The standard InChI is InChI=1S/C6H5NO3/c8-6-3-1-5(2-4-6)7(9)10/h1-4,8H/p+1. The molecule has 0 aliphatic carbocycles. The first-order valence-electron chi connectivity index (χ1n) is 2.66. The van der Waals surface area contributed by atoms with Crippen LogP contribution in [0, 0.1) is 10.1 Å². The molecule has 1 aromatic rings. The molecule has 4 nitrogen and oxygen atoms in total. The van der Waals surface area contributed by atoms with Gasteiger partial charge in [-0.3, -0.25) is 10.1 Å². The van der Waals surface area contributed by atoms with E-state index < -0.39 is 4.92 Å². The van der Waals surface area contributed by atoms with Crippen molar-refractivity contribution < 1.29 is 10.0 Å². The molecule has 52 valence electrons. The molecule has 0 bridgehead atoms. The zero-order valence-corrected chi connectivity index (χ0v) is 5.07. The summed E-state index contributed by atoms with van der Waals surface area (Å²) in [5.41, 5.74) is 0.0241. The lowest BCUT2D eigenvalue weighted by atomic mass is 10.3. The molecule has 2 N–H and O–H groups in total. The maximum Gasteiger partial charge on any atom is 0.270 e. The molecule has 1 rings (SSSR count). The number of nitro groups is 1. The number of rotatable bonds is 1. The van der Waals surface area contributed by atoms with Gasteiger partial charge in [0.05, 0.1) is 4.92 Å². The molecule has 0 saturated heterocycles. The highest BCUT2D eigenvalue weighted by atomic mass is 16.6. The predicted octanol–water partition coefficient (Wildman–Crippen LogP) is 1.03. The van der Waals surface area contributed by atoms with Crippen LogP contribution in [0.5, 0.6) is 5.75 Å². The van der Waals surface area contributed by atoms with Gasteiger partial charge in [0.1, 0.15) is 0 Å². The van der Waals surface area contributed by atoms with Crippen molar-refractivity contribution in [2.24, 2.45) is 0 Å². The minimum Gasteiger partial charge on any atom is -0.593 e. The van der Waals surface area contributed by atoms with Crippen molar-refractivity contribution in [2.45, 2.75) is 0 Å². The molecule has 0 spiro atoms. The molecule has 0 heterocycles. The smallest absolute Gasteiger partial charge is 0.270 e. The van der Waals surface area contributed by atoms with Gasteiger partial charge in [-0.05, 0) is 0 Å². The van der Waals surface area contributed by atoms with Gasteiger partial charge in [0, 0.05) is 24.3 Å². The topological polar surface area (TPSA) is 66.0 Å². The predicted molar refractivity (Wildman–Crippen MR) is 36.2 cm³/mol. The largest absolute Gasteiger partial charge is 0.593 e.